The molecule has 2 heterocycles. The van der Waals surface area contributed by atoms with Gasteiger partial charge in [-0.15, -0.1) is 0 Å². The number of anilines is 1. The van der Waals surface area contributed by atoms with E-state index in [1.807, 2.05) is 0 Å². The number of rotatable bonds is 5. The Kier molecular flexibility index (Phi) is 6.08. The number of amides is 2. The maximum absolute atomic E-state index is 12.0. The van der Waals surface area contributed by atoms with Crippen LogP contribution in [0.1, 0.15) is 32.4 Å². The molecule has 2 N–H and O–H groups in total. The SMILES string of the molecule is Cc1ncc(NC(=O)NCC2CCN(C(C)C)CC2)cc1[N+](=O)[O-]. The van der Waals surface area contributed by atoms with Gasteiger partial charge in [0.15, 0.2) is 0 Å². The van der Waals surface area contributed by atoms with Crippen LogP contribution in [0, 0.1) is 23.0 Å². The van der Waals surface area contributed by atoms with Crippen LogP contribution in [-0.2, 0) is 0 Å². The van der Waals surface area contributed by atoms with Crippen molar-refractivity contribution in [2.24, 2.45) is 5.92 Å². The molecular formula is C16H25N5O3. The number of likely N-dealkylation sites (tertiary alicyclic amines) is 1. The molecule has 0 unspecified atom stereocenters. The van der Waals surface area contributed by atoms with Gasteiger partial charge in [0.05, 0.1) is 16.8 Å². The summed E-state index contributed by atoms with van der Waals surface area (Å²) in [7, 11) is 0. The predicted molar refractivity (Wildman–Crippen MR) is 92.1 cm³/mol. The van der Waals surface area contributed by atoms with Crippen LogP contribution < -0.4 is 10.6 Å². The number of nitro groups is 1. The van der Waals surface area contributed by atoms with Crippen molar-refractivity contribution in [3.8, 4) is 0 Å². The van der Waals surface area contributed by atoms with Crippen molar-refractivity contribution in [3.63, 3.8) is 0 Å². The molecule has 132 valence electrons. The van der Waals surface area contributed by atoms with Crippen molar-refractivity contribution in [1.29, 1.82) is 0 Å². The second-order valence-electron chi connectivity index (χ2n) is 6.49. The molecule has 1 aromatic rings. The van der Waals surface area contributed by atoms with Crippen LogP contribution in [0.2, 0.25) is 0 Å². The summed E-state index contributed by atoms with van der Waals surface area (Å²) in [5.74, 6) is 0.469. The normalized spacial score (nSPS) is 16.2. The zero-order valence-electron chi connectivity index (χ0n) is 14.4. The first-order valence-electron chi connectivity index (χ1n) is 8.26. The number of carbonyl (C=O) groups excluding carboxylic acids is 1. The number of carbonyl (C=O) groups is 1. The summed E-state index contributed by atoms with van der Waals surface area (Å²) in [6.45, 7) is 8.67. The summed E-state index contributed by atoms with van der Waals surface area (Å²) in [4.78, 5) is 28.7. The van der Waals surface area contributed by atoms with Gasteiger partial charge in [-0.3, -0.25) is 15.1 Å². The van der Waals surface area contributed by atoms with Gasteiger partial charge in [-0.2, -0.15) is 0 Å². The predicted octanol–water partition coefficient (Wildman–Crippen LogP) is 2.54. The first-order chi connectivity index (χ1) is 11.4. The molecular weight excluding hydrogens is 310 g/mol. The standard InChI is InChI=1S/C16H25N5O3/c1-11(2)20-6-4-13(5-7-20)9-18-16(22)19-14-8-15(21(23)24)12(3)17-10-14/h8,10-11,13H,4-7,9H2,1-3H3,(H2,18,19,22). The molecule has 0 aliphatic carbocycles. The molecule has 0 atom stereocenters. The molecule has 0 saturated carbocycles. The molecule has 2 amide bonds. The Morgan fingerprint density at radius 3 is 2.71 bits per heavy atom. The molecule has 0 bridgehead atoms. The fraction of sp³-hybridized carbons (Fsp3) is 0.625. The number of nitrogens with zero attached hydrogens (tertiary/aromatic N) is 3. The molecule has 0 aromatic carbocycles. The summed E-state index contributed by atoms with van der Waals surface area (Å²) in [5, 5.41) is 16.3. The lowest BCUT2D eigenvalue weighted by molar-refractivity contribution is -0.385. The Labute approximate surface area is 141 Å². The number of aromatic nitrogens is 1. The van der Waals surface area contributed by atoms with Crippen molar-refractivity contribution >= 4 is 17.4 Å². The van der Waals surface area contributed by atoms with Gasteiger partial charge in [-0.25, -0.2) is 4.79 Å². The van der Waals surface area contributed by atoms with Crippen molar-refractivity contribution in [3.05, 3.63) is 28.1 Å². The van der Waals surface area contributed by atoms with Gasteiger partial charge in [0.2, 0.25) is 0 Å². The number of aryl methyl sites for hydroxylation is 1. The number of pyridine rings is 1. The average molecular weight is 335 g/mol. The molecule has 2 rings (SSSR count). The Morgan fingerprint density at radius 2 is 2.12 bits per heavy atom. The zero-order valence-corrected chi connectivity index (χ0v) is 14.4. The summed E-state index contributed by atoms with van der Waals surface area (Å²) in [6.07, 6.45) is 3.55. The van der Waals surface area contributed by atoms with E-state index in [1.165, 1.54) is 12.3 Å². The van der Waals surface area contributed by atoms with Crippen molar-refractivity contribution in [2.45, 2.75) is 39.7 Å². The third kappa shape index (κ3) is 4.89. The van der Waals surface area contributed by atoms with E-state index in [-0.39, 0.29) is 11.7 Å². The Balaban J connectivity index is 1.80. The number of hydrogen-bond acceptors (Lipinski definition) is 5. The molecule has 1 saturated heterocycles. The monoisotopic (exact) mass is 335 g/mol. The second kappa shape index (κ2) is 8.05. The van der Waals surface area contributed by atoms with E-state index in [4.69, 9.17) is 0 Å². The third-order valence-corrected chi connectivity index (χ3v) is 4.45. The van der Waals surface area contributed by atoms with E-state index < -0.39 is 4.92 Å². The van der Waals surface area contributed by atoms with Crippen LogP contribution in [0.25, 0.3) is 0 Å². The first kappa shape index (κ1) is 18.1. The highest BCUT2D eigenvalue weighted by Crippen LogP contribution is 2.20. The van der Waals surface area contributed by atoms with Gasteiger partial charge >= 0.3 is 6.03 Å². The van der Waals surface area contributed by atoms with Gasteiger partial charge in [0, 0.05) is 18.7 Å². The van der Waals surface area contributed by atoms with Gasteiger partial charge < -0.3 is 15.5 Å². The topological polar surface area (TPSA) is 100 Å². The summed E-state index contributed by atoms with van der Waals surface area (Å²) in [5.41, 5.74) is 0.538. The summed E-state index contributed by atoms with van der Waals surface area (Å²) >= 11 is 0. The van der Waals surface area contributed by atoms with E-state index in [0.29, 0.717) is 29.9 Å². The highest BCUT2D eigenvalue weighted by Gasteiger charge is 2.21. The third-order valence-electron chi connectivity index (χ3n) is 4.45. The first-order valence-corrected chi connectivity index (χ1v) is 8.26. The van der Waals surface area contributed by atoms with Crippen LogP contribution in [0.5, 0.6) is 0 Å². The van der Waals surface area contributed by atoms with Crippen LogP contribution >= 0.6 is 0 Å². The van der Waals surface area contributed by atoms with Gasteiger partial charge in [-0.05, 0) is 52.6 Å². The minimum Gasteiger partial charge on any atom is -0.338 e. The van der Waals surface area contributed by atoms with Crippen LogP contribution in [0.3, 0.4) is 0 Å². The number of piperidine rings is 1. The van der Waals surface area contributed by atoms with E-state index >= 15 is 0 Å². The van der Waals surface area contributed by atoms with Crippen molar-refractivity contribution < 1.29 is 9.72 Å². The molecule has 0 spiro atoms. The summed E-state index contributed by atoms with van der Waals surface area (Å²) < 4.78 is 0. The second-order valence-corrected chi connectivity index (χ2v) is 6.49. The van der Waals surface area contributed by atoms with E-state index in [9.17, 15) is 14.9 Å². The van der Waals surface area contributed by atoms with Crippen LogP contribution in [0.15, 0.2) is 12.3 Å². The quantitative estimate of drug-likeness (QED) is 0.636. The molecule has 8 heteroatoms. The highest BCUT2D eigenvalue weighted by atomic mass is 16.6. The number of urea groups is 1. The summed E-state index contributed by atoms with van der Waals surface area (Å²) in [6, 6.07) is 1.52. The van der Waals surface area contributed by atoms with Crippen LogP contribution in [-0.4, -0.2) is 46.5 Å². The number of hydrogen-bond donors (Lipinski definition) is 2. The lowest BCUT2D eigenvalue weighted by Crippen LogP contribution is -2.42. The molecule has 24 heavy (non-hydrogen) atoms. The van der Waals surface area contributed by atoms with Crippen molar-refractivity contribution in [1.82, 2.24) is 15.2 Å². The van der Waals surface area contributed by atoms with Crippen LogP contribution in [0.4, 0.5) is 16.2 Å². The molecule has 1 aromatic heterocycles. The fourth-order valence-electron chi connectivity index (χ4n) is 2.86. The molecule has 8 nitrogen and oxygen atoms in total. The maximum Gasteiger partial charge on any atom is 0.319 e. The molecule has 1 fully saturated rings. The largest absolute Gasteiger partial charge is 0.338 e. The molecule has 1 aliphatic heterocycles. The molecule has 0 radical (unpaired) electrons. The van der Waals surface area contributed by atoms with Gasteiger partial charge in [0.25, 0.3) is 5.69 Å². The van der Waals surface area contributed by atoms with E-state index in [0.717, 1.165) is 25.9 Å². The highest BCUT2D eigenvalue weighted by molar-refractivity contribution is 5.89. The minimum absolute atomic E-state index is 0.103. The lowest BCUT2D eigenvalue weighted by Gasteiger charge is -2.34. The molecule has 1 aliphatic rings. The lowest BCUT2D eigenvalue weighted by atomic mass is 9.96. The zero-order chi connectivity index (χ0) is 17.7. The Bertz CT molecular complexity index is 597. The maximum atomic E-state index is 12.0. The van der Waals surface area contributed by atoms with E-state index in [1.54, 1.807) is 6.92 Å². The van der Waals surface area contributed by atoms with E-state index in [2.05, 4.69) is 34.4 Å². The average Bonchev–Trinajstić information content (AvgIpc) is 2.55. The van der Waals surface area contributed by atoms with Gasteiger partial charge in [0.1, 0.15) is 5.69 Å². The Hall–Kier alpha value is -2.22. The van der Waals surface area contributed by atoms with Gasteiger partial charge in [-0.1, -0.05) is 0 Å². The van der Waals surface area contributed by atoms with Crippen molar-refractivity contribution in [2.75, 3.05) is 25.0 Å². The number of nitrogens with one attached hydrogen (secondary N) is 2. The minimum atomic E-state index is -0.506. The smallest absolute Gasteiger partial charge is 0.319 e. The fourth-order valence-corrected chi connectivity index (χ4v) is 2.86. The Morgan fingerprint density at radius 1 is 1.46 bits per heavy atom.